The first-order valence-corrected chi connectivity index (χ1v) is 7.91. The molecule has 0 aromatic carbocycles. The van der Waals surface area contributed by atoms with Crippen LogP contribution in [0.3, 0.4) is 0 Å². The summed E-state index contributed by atoms with van der Waals surface area (Å²) in [6, 6.07) is 0. The van der Waals surface area contributed by atoms with Gasteiger partial charge in [-0.2, -0.15) is 0 Å². The number of hydrogen-bond donors (Lipinski definition) is 1. The van der Waals surface area contributed by atoms with E-state index in [0.29, 0.717) is 30.1 Å². The third-order valence-electron chi connectivity index (χ3n) is 4.72. The zero-order valence-corrected chi connectivity index (χ0v) is 13.9. The van der Waals surface area contributed by atoms with E-state index in [9.17, 15) is 9.90 Å². The molecule has 0 aliphatic heterocycles. The van der Waals surface area contributed by atoms with Gasteiger partial charge in [0.2, 0.25) is 0 Å². The maximum absolute atomic E-state index is 12.0. The van der Waals surface area contributed by atoms with Crippen molar-refractivity contribution in [3.8, 4) is 0 Å². The molecule has 0 radical (unpaired) electrons. The molecule has 0 aliphatic carbocycles. The Labute approximate surface area is 120 Å². The molecule has 2 heteroatoms. The van der Waals surface area contributed by atoms with Gasteiger partial charge in [-0.25, -0.2) is 0 Å². The van der Waals surface area contributed by atoms with Gasteiger partial charge in [-0.05, 0) is 30.1 Å². The molecule has 0 aromatic rings. The fraction of sp³-hybridized carbons (Fsp3) is 0.941. The lowest BCUT2D eigenvalue weighted by molar-refractivity contribution is -0.125. The van der Waals surface area contributed by atoms with E-state index < -0.39 is 6.10 Å². The normalized spacial score (nSPS) is 18.4. The zero-order chi connectivity index (χ0) is 15.2. The molecule has 0 saturated carbocycles. The minimum absolute atomic E-state index is 0.0516. The molecule has 0 amide bonds. The molecule has 4 unspecified atom stereocenters. The highest BCUT2D eigenvalue weighted by Crippen LogP contribution is 2.29. The van der Waals surface area contributed by atoms with Crippen molar-refractivity contribution in [3.05, 3.63) is 0 Å². The average molecular weight is 270 g/mol. The minimum atomic E-state index is -0.477. The summed E-state index contributed by atoms with van der Waals surface area (Å²) in [5, 5.41) is 10.2. The van der Waals surface area contributed by atoms with Crippen molar-refractivity contribution < 1.29 is 9.90 Å². The van der Waals surface area contributed by atoms with Gasteiger partial charge in [0, 0.05) is 12.3 Å². The Morgan fingerprint density at radius 1 is 1.00 bits per heavy atom. The Balaban J connectivity index is 4.42. The van der Waals surface area contributed by atoms with Crippen LogP contribution in [-0.2, 0) is 4.79 Å². The number of Topliss-reactive ketones (excluding diaryl/α,β-unsaturated/α-hetero) is 1. The highest BCUT2D eigenvalue weighted by Gasteiger charge is 2.25. The monoisotopic (exact) mass is 270 g/mol. The predicted octanol–water partition coefficient (Wildman–Crippen LogP) is 4.31. The van der Waals surface area contributed by atoms with E-state index >= 15 is 0 Å². The van der Waals surface area contributed by atoms with Gasteiger partial charge in [0.1, 0.15) is 5.78 Å². The molecule has 1 N–H and O–H groups in total. The molecular weight excluding hydrogens is 236 g/mol. The summed E-state index contributed by atoms with van der Waals surface area (Å²) >= 11 is 0. The largest absolute Gasteiger partial charge is 0.393 e. The first-order chi connectivity index (χ1) is 8.70. The molecular formula is C17H34O2. The predicted molar refractivity (Wildman–Crippen MR) is 82.0 cm³/mol. The number of aliphatic hydroxyl groups excluding tert-OH is 1. The molecule has 114 valence electrons. The average Bonchev–Trinajstić information content (AvgIpc) is 2.33. The third kappa shape index (κ3) is 6.56. The van der Waals surface area contributed by atoms with Crippen molar-refractivity contribution in [2.75, 3.05) is 0 Å². The Morgan fingerprint density at radius 3 is 1.89 bits per heavy atom. The molecule has 0 saturated heterocycles. The van der Waals surface area contributed by atoms with Gasteiger partial charge in [-0.3, -0.25) is 4.79 Å². The van der Waals surface area contributed by atoms with Gasteiger partial charge in [0.25, 0.3) is 0 Å². The molecule has 0 heterocycles. The summed E-state index contributed by atoms with van der Waals surface area (Å²) in [6.07, 6.45) is 1.73. The van der Waals surface area contributed by atoms with Crippen LogP contribution in [0.4, 0.5) is 0 Å². The van der Waals surface area contributed by atoms with Crippen molar-refractivity contribution in [1.82, 2.24) is 0 Å². The number of carbonyl (C=O) groups excluding carboxylic acids is 1. The Bertz CT molecular complexity index is 258. The van der Waals surface area contributed by atoms with Crippen LogP contribution in [0.15, 0.2) is 0 Å². The minimum Gasteiger partial charge on any atom is -0.393 e. The van der Waals surface area contributed by atoms with Gasteiger partial charge in [0.05, 0.1) is 6.10 Å². The van der Waals surface area contributed by atoms with Crippen molar-refractivity contribution in [2.45, 2.75) is 73.8 Å². The number of hydrogen-bond acceptors (Lipinski definition) is 2. The van der Waals surface area contributed by atoms with Crippen molar-refractivity contribution in [1.29, 1.82) is 0 Å². The highest BCUT2D eigenvalue weighted by atomic mass is 16.3. The zero-order valence-electron chi connectivity index (χ0n) is 13.9. The lowest BCUT2D eigenvalue weighted by atomic mass is 9.78. The number of carbonyl (C=O) groups is 1. The Hall–Kier alpha value is -0.370. The van der Waals surface area contributed by atoms with Crippen LogP contribution in [0, 0.1) is 29.6 Å². The quantitative estimate of drug-likeness (QED) is 0.678. The van der Waals surface area contributed by atoms with E-state index in [1.54, 1.807) is 0 Å². The van der Waals surface area contributed by atoms with E-state index in [1.807, 2.05) is 6.92 Å². The van der Waals surface area contributed by atoms with Crippen LogP contribution in [0.1, 0.15) is 67.7 Å². The van der Waals surface area contributed by atoms with Gasteiger partial charge in [-0.1, -0.05) is 54.9 Å². The Kier molecular flexibility index (Phi) is 8.56. The summed E-state index contributed by atoms with van der Waals surface area (Å²) in [7, 11) is 0. The first-order valence-electron chi connectivity index (χ1n) is 7.91. The topological polar surface area (TPSA) is 37.3 Å². The second kappa shape index (κ2) is 8.73. The second-order valence-corrected chi connectivity index (χ2v) is 6.89. The highest BCUT2D eigenvalue weighted by molar-refractivity contribution is 5.81. The fourth-order valence-corrected chi connectivity index (χ4v) is 2.65. The van der Waals surface area contributed by atoms with E-state index in [2.05, 4.69) is 41.5 Å². The summed E-state index contributed by atoms with van der Waals surface area (Å²) < 4.78 is 0. The number of rotatable bonds is 9. The molecule has 0 fully saturated rings. The van der Waals surface area contributed by atoms with Crippen LogP contribution in [0.25, 0.3) is 0 Å². The number of ketones is 1. The second-order valence-electron chi connectivity index (χ2n) is 6.89. The summed E-state index contributed by atoms with van der Waals surface area (Å²) in [6.45, 7) is 14.9. The molecule has 0 spiro atoms. The van der Waals surface area contributed by atoms with Gasteiger partial charge >= 0.3 is 0 Å². The van der Waals surface area contributed by atoms with Crippen molar-refractivity contribution >= 4 is 5.78 Å². The van der Waals surface area contributed by atoms with Gasteiger partial charge < -0.3 is 5.11 Å². The van der Waals surface area contributed by atoms with E-state index in [1.165, 1.54) is 0 Å². The smallest absolute Gasteiger partial charge is 0.138 e. The maximum Gasteiger partial charge on any atom is 0.138 e. The van der Waals surface area contributed by atoms with E-state index in [4.69, 9.17) is 0 Å². The van der Waals surface area contributed by atoms with E-state index in [-0.39, 0.29) is 11.7 Å². The van der Waals surface area contributed by atoms with Gasteiger partial charge in [-0.15, -0.1) is 0 Å². The fourth-order valence-electron chi connectivity index (χ4n) is 2.65. The molecule has 2 nitrogen and oxygen atoms in total. The maximum atomic E-state index is 12.0. The third-order valence-corrected chi connectivity index (χ3v) is 4.72. The summed E-state index contributed by atoms with van der Waals surface area (Å²) in [5.41, 5.74) is 0. The van der Waals surface area contributed by atoms with Gasteiger partial charge in [0.15, 0.2) is 0 Å². The van der Waals surface area contributed by atoms with Crippen LogP contribution >= 0.6 is 0 Å². The molecule has 0 aliphatic rings. The molecule has 19 heavy (non-hydrogen) atoms. The number of aliphatic hydroxyl groups is 1. The van der Waals surface area contributed by atoms with Crippen molar-refractivity contribution in [2.24, 2.45) is 29.6 Å². The van der Waals surface area contributed by atoms with Crippen LogP contribution in [-0.4, -0.2) is 17.0 Å². The van der Waals surface area contributed by atoms with E-state index in [0.717, 1.165) is 12.8 Å². The first kappa shape index (κ1) is 18.6. The SMILES string of the molecule is CCC(C)C(CC(O)CC(=O)C(C)C(C)C)C(C)C. The van der Waals surface area contributed by atoms with Crippen LogP contribution in [0.2, 0.25) is 0 Å². The van der Waals surface area contributed by atoms with Crippen LogP contribution < -0.4 is 0 Å². The molecule has 0 bridgehead atoms. The summed E-state index contributed by atoms with van der Waals surface area (Å²) in [4.78, 5) is 12.0. The Morgan fingerprint density at radius 2 is 1.53 bits per heavy atom. The van der Waals surface area contributed by atoms with Crippen LogP contribution in [0.5, 0.6) is 0 Å². The van der Waals surface area contributed by atoms with Crippen molar-refractivity contribution in [3.63, 3.8) is 0 Å². The standard InChI is InChI=1S/C17H34O2/c1-8-13(6)16(12(4)5)9-15(18)10-17(19)14(7)11(2)3/h11-16,18H,8-10H2,1-7H3. The molecule has 0 rings (SSSR count). The lowest BCUT2D eigenvalue weighted by Gasteiger charge is -2.29. The molecule has 4 atom stereocenters. The molecule has 0 aromatic heterocycles. The summed E-state index contributed by atoms with van der Waals surface area (Å²) in [5.74, 6) is 2.27. The lowest BCUT2D eigenvalue weighted by Crippen LogP contribution is -2.27.